The van der Waals surface area contributed by atoms with Crippen LogP contribution in [0.4, 0.5) is 5.69 Å². The van der Waals surface area contributed by atoms with E-state index in [-0.39, 0.29) is 0 Å². The molecule has 0 unspecified atom stereocenters. The molecule has 0 spiro atoms. The standard InChI is InChI=1S/C21H17BrClNO/c1-15-2-9-20(10-3-15)24-13-17-12-18(22)6-11-21(17)25-14-16-4-7-19(23)8-5-16/h2-13H,14H2,1H3. The Balaban J connectivity index is 1.77. The molecule has 126 valence electrons. The second-order valence-electron chi connectivity index (χ2n) is 5.69. The Morgan fingerprint density at radius 3 is 2.44 bits per heavy atom. The fourth-order valence-electron chi connectivity index (χ4n) is 2.27. The molecule has 3 aromatic carbocycles. The van der Waals surface area contributed by atoms with E-state index in [9.17, 15) is 0 Å². The predicted octanol–water partition coefficient (Wildman–Crippen LogP) is 6.74. The minimum Gasteiger partial charge on any atom is -0.488 e. The normalized spacial score (nSPS) is 11.0. The highest BCUT2D eigenvalue weighted by Gasteiger charge is 2.04. The Kier molecular flexibility index (Phi) is 5.90. The molecule has 3 rings (SSSR count). The molecule has 0 fully saturated rings. The van der Waals surface area contributed by atoms with Crippen LogP contribution >= 0.6 is 27.5 Å². The SMILES string of the molecule is Cc1ccc(N=Cc2cc(Br)ccc2OCc2ccc(Cl)cc2)cc1. The summed E-state index contributed by atoms with van der Waals surface area (Å²) in [5.74, 6) is 0.786. The van der Waals surface area contributed by atoms with Gasteiger partial charge in [-0.15, -0.1) is 0 Å². The maximum Gasteiger partial charge on any atom is 0.128 e. The number of rotatable bonds is 5. The van der Waals surface area contributed by atoms with E-state index in [0.29, 0.717) is 6.61 Å². The monoisotopic (exact) mass is 413 g/mol. The van der Waals surface area contributed by atoms with Gasteiger partial charge in [0, 0.05) is 21.3 Å². The van der Waals surface area contributed by atoms with Crippen LogP contribution in [0.5, 0.6) is 5.75 Å². The minimum absolute atomic E-state index is 0.476. The van der Waals surface area contributed by atoms with E-state index in [1.165, 1.54) is 5.56 Å². The Morgan fingerprint density at radius 2 is 1.72 bits per heavy atom. The summed E-state index contributed by atoms with van der Waals surface area (Å²) in [4.78, 5) is 4.54. The summed E-state index contributed by atoms with van der Waals surface area (Å²) in [7, 11) is 0. The summed E-state index contributed by atoms with van der Waals surface area (Å²) in [6.07, 6.45) is 1.83. The molecule has 0 bridgehead atoms. The summed E-state index contributed by atoms with van der Waals surface area (Å²) in [6, 6.07) is 21.6. The zero-order chi connectivity index (χ0) is 17.6. The lowest BCUT2D eigenvalue weighted by atomic mass is 10.2. The van der Waals surface area contributed by atoms with Gasteiger partial charge in [0.2, 0.25) is 0 Å². The number of aliphatic imine (C=N–C) groups is 1. The van der Waals surface area contributed by atoms with E-state index in [2.05, 4.69) is 27.8 Å². The van der Waals surface area contributed by atoms with E-state index in [1.807, 2.05) is 72.9 Å². The number of ether oxygens (including phenoxy) is 1. The van der Waals surface area contributed by atoms with Crippen molar-refractivity contribution in [2.75, 3.05) is 0 Å². The Bertz CT molecular complexity index is 873. The van der Waals surface area contributed by atoms with Crippen LogP contribution in [0.25, 0.3) is 0 Å². The van der Waals surface area contributed by atoms with Crippen LogP contribution in [-0.4, -0.2) is 6.21 Å². The highest BCUT2D eigenvalue weighted by atomic mass is 79.9. The van der Waals surface area contributed by atoms with Gasteiger partial charge in [-0.2, -0.15) is 0 Å². The quantitative estimate of drug-likeness (QED) is 0.424. The maximum absolute atomic E-state index is 5.97. The molecule has 2 nitrogen and oxygen atoms in total. The molecule has 0 aliphatic rings. The first-order valence-electron chi connectivity index (χ1n) is 7.88. The van der Waals surface area contributed by atoms with Crippen LogP contribution in [0.2, 0.25) is 5.02 Å². The third-order valence-electron chi connectivity index (χ3n) is 3.67. The Morgan fingerprint density at radius 1 is 1.00 bits per heavy atom. The molecule has 0 aromatic heterocycles. The van der Waals surface area contributed by atoms with Gasteiger partial charge in [-0.3, -0.25) is 4.99 Å². The van der Waals surface area contributed by atoms with Crippen molar-refractivity contribution in [1.82, 2.24) is 0 Å². The second kappa shape index (κ2) is 8.32. The lowest BCUT2D eigenvalue weighted by molar-refractivity contribution is 0.306. The van der Waals surface area contributed by atoms with Crippen LogP contribution in [0.1, 0.15) is 16.7 Å². The van der Waals surface area contributed by atoms with Crippen molar-refractivity contribution in [3.05, 3.63) is 92.9 Å². The number of hydrogen-bond donors (Lipinski definition) is 0. The zero-order valence-electron chi connectivity index (χ0n) is 13.7. The summed E-state index contributed by atoms with van der Waals surface area (Å²) in [5.41, 5.74) is 4.11. The predicted molar refractivity (Wildman–Crippen MR) is 108 cm³/mol. The van der Waals surface area contributed by atoms with Crippen molar-refractivity contribution >= 4 is 39.4 Å². The molecule has 0 aliphatic heterocycles. The van der Waals surface area contributed by atoms with Crippen LogP contribution in [0.15, 0.2) is 76.2 Å². The molecule has 0 saturated carbocycles. The van der Waals surface area contributed by atoms with Crippen molar-refractivity contribution in [3.63, 3.8) is 0 Å². The van der Waals surface area contributed by atoms with Crippen LogP contribution in [0.3, 0.4) is 0 Å². The van der Waals surface area contributed by atoms with Crippen LogP contribution in [-0.2, 0) is 6.61 Å². The molecular formula is C21H17BrClNO. The number of halogens is 2. The summed E-state index contributed by atoms with van der Waals surface area (Å²) >= 11 is 9.42. The molecule has 0 saturated heterocycles. The van der Waals surface area contributed by atoms with Gasteiger partial charge in [-0.25, -0.2) is 0 Å². The molecule has 0 N–H and O–H groups in total. The Labute approximate surface area is 161 Å². The highest BCUT2D eigenvalue weighted by molar-refractivity contribution is 9.10. The molecule has 3 aromatic rings. The van der Waals surface area contributed by atoms with Gasteiger partial charge in [-0.05, 0) is 55.0 Å². The lowest BCUT2D eigenvalue weighted by Gasteiger charge is -2.10. The average Bonchev–Trinajstić information content (AvgIpc) is 2.62. The van der Waals surface area contributed by atoms with Gasteiger partial charge in [0.25, 0.3) is 0 Å². The van der Waals surface area contributed by atoms with Crippen LogP contribution < -0.4 is 4.74 Å². The largest absolute Gasteiger partial charge is 0.488 e. The third kappa shape index (κ3) is 5.18. The summed E-state index contributed by atoms with van der Waals surface area (Å²) < 4.78 is 6.95. The number of hydrogen-bond acceptors (Lipinski definition) is 2. The second-order valence-corrected chi connectivity index (χ2v) is 7.04. The Hall–Kier alpha value is -2.10. The summed E-state index contributed by atoms with van der Waals surface area (Å²) in [6.45, 7) is 2.54. The van der Waals surface area contributed by atoms with Gasteiger partial charge >= 0.3 is 0 Å². The summed E-state index contributed by atoms with van der Waals surface area (Å²) in [5, 5.41) is 0.721. The van der Waals surface area contributed by atoms with Crippen molar-refractivity contribution in [3.8, 4) is 5.75 Å². The number of aryl methyl sites for hydroxylation is 1. The smallest absolute Gasteiger partial charge is 0.128 e. The van der Waals surface area contributed by atoms with E-state index in [0.717, 1.165) is 32.1 Å². The van der Waals surface area contributed by atoms with Crippen molar-refractivity contribution in [2.45, 2.75) is 13.5 Å². The fourth-order valence-corrected chi connectivity index (χ4v) is 2.77. The number of benzene rings is 3. The van der Waals surface area contributed by atoms with E-state index < -0.39 is 0 Å². The molecular weight excluding hydrogens is 398 g/mol. The van der Waals surface area contributed by atoms with Crippen LogP contribution in [0, 0.1) is 6.92 Å². The third-order valence-corrected chi connectivity index (χ3v) is 4.41. The highest BCUT2D eigenvalue weighted by Crippen LogP contribution is 2.24. The zero-order valence-corrected chi connectivity index (χ0v) is 16.1. The van der Waals surface area contributed by atoms with E-state index in [1.54, 1.807) is 0 Å². The molecule has 0 aliphatic carbocycles. The van der Waals surface area contributed by atoms with E-state index >= 15 is 0 Å². The topological polar surface area (TPSA) is 21.6 Å². The lowest BCUT2D eigenvalue weighted by Crippen LogP contribution is -1.98. The first kappa shape index (κ1) is 17.7. The van der Waals surface area contributed by atoms with Gasteiger partial charge in [0.05, 0.1) is 5.69 Å². The van der Waals surface area contributed by atoms with Gasteiger partial charge in [-0.1, -0.05) is 57.4 Å². The van der Waals surface area contributed by atoms with Crippen molar-refractivity contribution in [2.24, 2.45) is 4.99 Å². The van der Waals surface area contributed by atoms with Crippen molar-refractivity contribution < 1.29 is 4.74 Å². The van der Waals surface area contributed by atoms with E-state index in [4.69, 9.17) is 16.3 Å². The minimum atomic E-state index is 0.476. The molecule has 0 heterocycles. The van der Waals surface area contributed by atoms with Gasteiger partial charge in [0.1, 0.15) is 12.4 Å². The maximum atomic E-state index is 5.97. The van der Waals surface area contributed by atoms with Crippen molar-refractivity contribution in [1.29, 1.82) is 0 Å². The first-order valence-corrected chi connectivity index (χ1v) is 9.05. The van der Waals surface area contributed by atoms with Gasteiger partial charge < -0.3 is 4.74 Å². The first-order chi connectivity index (χ1) is 12.1. The molecule has 25 heavy (non-hydrogen) atoms. The molecule has 0 radical (unpaired) electrons. The fraction of sp³-hybridized carbons (Fsp3) is 0.0952. The number of nitrogens with zero attached hydrogens (tertiary/aromatic N) is 1. The average molecular weight is 415 g/mol. The molecule has 0 atom stereocenters. The molecule has 4 heteroatoms. The van der Waals surface area contributed by atoms with Gasteiger partial charge in [0.15, 0.2) is 0 Å². The molecule has 0 amide bonds.